The minimum Gasteiger partial charge on any atom is -0.479 e. The Morgan fingerprint density at radius 2 is 1.96 bits per heavy atom. The first-order valence-corrected chi connectivity index (χ1v) is 8.27. The number of hydrogen-bond donors (Lipinski definition) is 1. The van der Waals surface area contributed by atoms with E-state index in [0.717, 1.165) is 30.0 Å². The second kappa shape index (κ2) is 8.42. The maximum atomic E-state index is 12.1. The van der Waals surface area contributed by atoms with E-state index in [1.807, 2.05) is 30.3 Å². The highest BCUT2D eigenvalue weighted by Crippen LogP contribution is 2.28. The van der Waals surface area contributed by atoms with Gasteiger partial charge in [-0.2, -0.15) is 0 Å². The van der Waals surface area contributed by atoms with Crippen LogP contribution in [0.25, 0.3) is 10.8 Å². The third-order valence-electron chi connectivity index (χ3n) is 3.77. The van der Waals surface area contributed by atoms with Crippen LogP contribution in [0, 0.1) is 0 Å². The van der Waals surface area contributed by atoms with Crippen molar-refractivity contribution in [1.82, 2.24) is 0 Å². The van der Waals surface area contributed by atoms with Gasteiger partial charge in [0.2, 0.25) is 0 Å². The first-order chi connectivity index (χ1) is 11.2. The van der Waals surface area contributed by atoms with Crippen LogP contribution in [0.1, 0.15) is 39.5 Å². The Labute approximate surface area is 137 Å². The topological polar surface area (TPSA) is 61.5 Å². The van der Waals surface area contributed by atoms with Gasteiger partial charge in [0.1, 0.15) is 5.75 Å². The minimum atomic E-state index is -0.581. The summed E-state index contributed by atoms with van der Waals surface area (Å²) in [6.07, 6.45) is 3.17. The predicted octanol–water partition coefficient (Wildman–Crippen LogP) is 4.31. The van der Waals surface area contributed by atoms with E-state index < -0.39 is 6.10 Å². The van der Waals surface area contributed by atoms with Crippen molar-refractivity contribution in [2.24, 2.45) is 0 Å². The lowest BCUT2D eigenvalue weighted by atomic mass is 10.1. The highest BCUT2D eigenvalue weighted by Gasteiger charge is 2.21. The van der Waals surface area contributed by atoms with Crippen LogP contribution in [0.3, 0.4) is 0 Å². The van der Waals surface area contributed by atoms with E-state index in [1.165, 1.54) is 0 Å². The molecule has 2 N–H and O–H groups in total. The number of carbonyl (C=O) groups excluding carboxylic acids is 1. The smallest absolute Gasteiger partial charge is 0.347 e. The number of unbranched alkanes of at least 4 members (excludes halogenated alkanes) is 2. The van der Waals surface area contributed by atoms with Crippen molar-refractivity contribution in [2.45, 2.75) is 45.6 Å². The molecule has 0 aliphatic rings. The largest absolute Gasteiger partial charge is 0.479 e. The molecule has 2 aromatic carbocycles. The quantitative estimate of drug-likeness (QED) is 0.448. The molecule has 0 bridgehead atoms. The molecular weight excluding hydrogens is 290 g/mol. The lowest BCUT2D eigenvalue weighted by Gasteiger charge is -2.18. The molecule has 0 aliphatic carbocycles. The van der Waals surface area contributed by atoms with Crippen LogP contribution < -0.4 is 10.5 Å². The molecule has 1 unspecified atom stereocenters. The Balaban J connectivity index is 2.18. The fourth-order valence-electron chi connectivity index (χ4n) is 2.58. The molecule has 1 atom stereocenters. The minimum absolute atomic E-state index is 0.310. The molecule has 0 radical (unpaired) electrons. The van der Waals surface area contributed by atoms with Crippen molar-refractivity contribution >= 4 is 22.4 Å². The summed E-state index contributed by atoms with van der Waals surface area (Å²) >= 11 is 0. The Morgan fingerprint density at radius 1 is 1.17 bits per heavy atom. The van der Waals surface area contributed by atoms with E-state index in [-0.39, 0.29) is 5.97 Å². The first-order valence-electron chi connectivity index (χ1n) is 8.27. The van der Waals surface area contributed by atoms with Crippen molar-refractivity contribution in [3.05, 3.63) is 36.4 Å². The summed E-state index contributed by atoms with van der Waals surface area (Å²) in [5, 5.41) is 1.98. The van der Waals surface area contributed by atoms with Crippen molar-refractivity contribution in [3.63, 3.8) is 0 Å². The highest BCUT2D eigenvalue weighted by atomic mass is 16.6. The van der Waals surface area contributed by atoms with Crippen molar-refractivity contribution in [3.8, 4) is 5.75 Å². The SMILES string of the molecule is CCCCCC(Oc1cc(N)c2ccccc2c1)C(=O)OCC. The lowest BCUT2D eigenvalue weighted by molar-refractivity contribution is -0.151. The molecule has 0 heterocycles. The first kappa shape index (κ1) is 17.1. The van der Waals surface area contributed by atoms with Gasteiger partial charge in [-0.25, -0.2) is 4.79 Å². The maximum absolute atomic E-state index is 12.1. The van der Waals surface area contributed by atoms with E-state index >= 15 is 0 Å². The van der Waals surface area contributed by atoms with Crippen LogP contribution in [0.15, 0.2) is 36.4 Å². The van der Waals surface area contributed by atoms with Gasteiger partial charge >= 0.3 is 5.97 Å². The average molecular weight is 315 g/mol. The van der Waals surface area contributed by atoms with Gasteiger partial charge in [0.05, 0.1) is 6.61 Å². The van der Waals surface area contributed by atoms with Crippen LogP contribution in [-0.4, -0.2) is 18.7 Å². The van der Waals surface area contributed by atoms with Gasteiger partial charge in [-0.1, -0.05) is 44.0 Å². The van der Waals surface area contributed by atoms with Gasteiger partial charge in [-0.3, -0.25) is 0 Å². The van der Waals surface area contributed by atoms with E-state index in [0.29, 0.717) is 24.5 Å². The van der Waals surface area contributed by atoms with Crippen LogP contribution in [0.4, 0.5) is 5.69 Å². The third-order valence-corrected chi connectivity index (χ3v) is 3.77. The molecule has 4 nitrogen and oxygen atoms in total. The monoisotopic (exact) mass is 315 g/mol. The zero-order valence-corrected chi connectivity index (χ0v) is 13.9. The second-order valence-corrected chi connectivity index (χ2v) is 5.59. The molecule has 0 saturated heterocycles. The summed E-state index contributed by atoms with van der Waals surface area (Å²) in [6, 6.07) is 11.5. The second-order valence-electron chi connectivity index (χ2n) is 5.59. The molecule has 0 aromatic heterocycles. The molecule has 2 rings (SSSR count). The van der Waals surface area contributed by atoms with Gasteiger partial charge < -0.3 is 15.2 Å². The summed E-state index contributed by atoms with van der Waals surface area (Å²) < 4.78 is 11.0. The van der Waals surface area contributed by atoms with Crippen LogP contribution in [0.5, 0.6) is 5.75 Å². The number of rotatable bonds is 8. The number of nitrogen functional groups attached to an aromatic ring is 1. The van der Waals surface area contributed by atoms with E-state index in [1.54, 1.807) is 13.0 Å². The standard InChI is InChI=1S/C19H25NO3/c1-3-5-6-11-18(19(21)22-4-2)23-15-12-14-9-7-8-10-16(14)17(20)13-15/h7-10,12-13,18H,3-6,11,20H2,1-2H3. The Morgan fingerprint density at radius 3 is 2.70 bits per heavy atom. The van der Waals surface area contributed by atoms with E-state index in [4.69, 9.17) is 15.2 Å². The molecular formula is C19H25NO3. The predicted molar refractivity (Wildman–Crippen MR) is 93.6 cm³/mol. The van der Waals surface area contributed by atoms with Crippen LogP contribution in [-0.2, 0) is 9.53 Å². The summed E-state index contributed by atoms with van der Waals surface area (Å²) in [6.45, 7) is 4.28. The fourth-order valence-corrected chi connectivity index (χ4v) is 2.58. The molecule has 0 saturated carbocycles. The maximum Gasteiger partial charge on any atom is 0.347 e. The number of hydrogen-bond acceptors (Lipinski definition) is 4. The molecule has 0 amide bonds. The number of anilines is 1. The Hall–Kier alpha value is -2.23. The summed E-state index contributed by atoms with van der Waals surface area (Å²) in [5.74, 6) is 0.297. The number of benzene rings is 2. The van der Waals surface area contributed by atoms with Crippen LogP contribution in [0.2, 0.25) is 0 Å². The molecule has 23 heavy (non-hydrogen) atoms. The highest BCUT2D eigenvalue weighted by molar-refractivity contribution is 5.94. The number of ether oxygens (including phenoxy) is 2. The Bertz CT molecular complexity index is 654. The van der Waals surface area contributed by atoms with Gasteiger partial charge in [0.15, 0.2) is 6.10 Å². The number of nitrogens with two attached hydrogens (primary N) is 1. The molecule has 0 spiro atoms. The average Bonchev–Trinajstić information content (AvgIpc) is 2.54. The summed E-state index contributed by atoms with van der Waals surface area (Å²) in [7, 11) is 0. The number of fused-ring (bicyclic) bond motifs is 1. The van der Waals surface area contributed by atoms with Gasteiger partial charge in [-0.15, -0.1) is 0 Å². The molecule has 0 fully saturated rings. The zero-order valence-electron chi connectivity index (χ0n) is 13.9. The van der Waals surface area contributed by atoms with Gasteiger partial charge in [-0.05, 0) is 31.2 Å². The third kappa shape index (κ3) is 4.62. The summed E-state index contributed by atoms with van der Waals surface area (Å²) in [4.78, 5) is 12.1. The summed E-state index contributed by atoms with van der Waals surface area (Å²) in [5.41, 5.74) is 6.74. The van der Waals surface area contributed by atoms with E-state index in [9.17, 15) is 4.79 Å². The molecule has 124 valence electrons. The molecule has 2 aromatic rings. The lowest BCUT2D eigenvalue weighted by Crippen LogP contribution is -2.29. The zero-order chi connectivity index (χ0) is 16.7. The van der Waals surface area contributed by atoms with Gasteiger partial charge in [0, 0.05) is 17.1 Å². The normalized spacial score (nSPS) is 12.1. The molecule has 0 aliphatic heterocycles. The van der Waals surface area contributed by atoms with Gasteiger partial charge in [0.25, 0.3) is 0 Å². The van der Waals surface area contributed by atoms with Crippen LogP contribution >= 0.6 is 0 Å². The fraction of sp³-hybridized carbons (Fsp3) is 0.421. The number of carbonyl (C=O) groups is 1. The van der Waals surface area contributed by atoms with Crippen molar-refractivity contribution in [2.75, 3.05) is 12.3 Å². The van der Waals surface area contributed by atoms with Crippen molar-refractivity contribution < 1.29 is 14.3 Å². The number of esters is 1. The van der Waals surface area contributed by atoms with E-state index in [2.05, 4.69) is 6.92 Å². The Kier molecular flexibility index (Phi) is 6.27. The van der Waals surface area contributed by atoms with Crippen molar-refractivity contribution in [1.29, 1.82) is 0 Å². The molecule has 4 heteroatoms.